The molecule has 0 spiro atoms. The average molecular weight is 273 g/mol. The molecular formula is C16H20FN3. The van der Waals surface area contributed by atoms with Gasteiger partial charge in [0.25, 0.3) is 0 Å². The van der Waals surface area contributed by atoms with Crippen LogP contribution in [0.25, 0.3) is 11.0 Å². The van der Waals surface area contributed by atoms with Crippen LogP contribution in [-0.4, -0.2) is 27.3 Å². The summed E-state index contributed by atoms with van der Waals surface area (Å²) in [7, 11) is 1.99. The normalized spacial score (nSPS) is 32.9. The number of rotatable bonds is 2. The molecule has 2 saturated heterocycles. The van der Waals surface area contributed by atoms with E-state index in [1.807, 2.05) is 35.9 Å². The van der Waals surface area contributed by atoms with E-state index in [4.69, 9.17) is 0 Å². The zero-order chi connectivity index (χ0) is 13.7. The lowest BCUT2D eigenvalue weighted by Crippen LogP contribution is -2.47. The zero-order valence-corrected chi connectivity index (χ0v) is 11.8. The van der Waals surface area contributed by atoms with E-state index in [0.29, 0.717) is 31.3 Å². The summed E-state index contributed by atoms with van der Waals surface area (Å²) in [5.41, 5.74) is 0.958. The molecule has 2 unspecified atom stereocenters. The van der Waals surface area contributed by atoms with E-state index >= 15 is 4.39 Å². The van der Waals surface area contributed by atoms with Crippen LogP contribution in [0.1, 0.15) is 31.5 Å². The maximum atomic E-state index is 15.2. The van der Waals surface area contributed by atoms with Crippen LogP contribution in [0.4, 0.5) is 4.39 Å². The molecule has 0 amide bonds. The third-order valence-electron chi connectivity index (χ3n) is 4.91. The first-order valence-electron chi connectivity index (χ1n) is 7.48. The Balaban J connectivity index is 1.65. The van der Waals surface area contributed by atoms with E-state index in [-0.39, 0.29) is 0 Å². The number of nitrogens with one attached hydrogen (secondary N) is 1. The minimum absolute atomic E-state index is 0.369. The maximum Gasteiger partial charge on any atom is 0.121 e. The largest absolute Gasteiger partial charge is 0.331 e. The first-order valence-corrected chi connectivity index (χ1v) is 7.48. The molecule has 4 rings (SSSR count). The van der Waals surface area contributed by atoms with Crippen molar-refractivity contribution in [2.45, 2.75) is 49.9 Å². The van der Waals surface area contributed by atoms with Gasteiger partial charge < -0.3 is 9.88 Å². The smallest absolute Gasteiger partial charge is 0.121 e. The predicted octanol–water partition coefficient (Wildman–Crippen LogP) is 2.74. The highest BCUT2D eigenvalue weighted by molar-refractivity contribution is 5.75. The number of halogens is 1. The van der Waals surface area contributed by atoms with E-state index in [9.17, 15) is 0 Å². The van der Waals surface area contributed by atoms with Crippen LogP contribution in [0.2, 0.25) is 0 Å². The van der Waals surface area contributed by atoms with Crippen molar-refractivity contribution in [1.29, 1.82) is 0 Å². The highest BCUT2D eigenvalue weighted by atomic mass is 19.1. The lowest BCUT2D eigenvalue weighted by Gasteiger charge is -2.34. The molecule has 106 valence electrons. The van der Waals surface area contributed by atoms with E-state index in [0.717, 1.165) is 29.7 Å². The third-order valence-corrected chi connectivity index (χ3v) is 4.91. The highest BCUT2D eigenvalue weighted by Gasteiger charge is 2.44. The average Bonchev–Trinajstić information content (AvgIpc) is 2.91. The van der Waals surface area contributed by atoms with Gasteiger partial charge >= 0.3 is 0 Å². The van der Waals surface area contributed by atoms with E-state index in [1.54, 1.807) is 0 Å². The molecule has 0 saturated carbocycles. The van der Waals surface area contributed by atoms with E-state index < -0.39 is 5.67 Å². The number of hydrogen-bond donors (Lipinski definition) is 1. The van der Waals surface area contributed by atoms with Gasteiger partial charge in [-0.2, -0.15) is 0 Å². The van der Waals surface area contributed by atoms with E-state index in [1.165, 1.54) is 0 Å². The van der Waals surface area contributed by atoms with Gasteiger partial charge in [0.15, 0.2) is 0 Å². The first kappa shape index (κ1) is 12.3. The third kappa shape index (κ3) is 1.94. The number of imidazole rings is 1. The summed E-state index contributed by atoms with van der Waals surface area (Å²) in [5.74, 6) is 0.870. The molecule has 3 nitrogen and oxygen atoms in total. The van der Waals surface area contributed by atoms with Gasteiger partial charge in [-0.05, 0) is 37.8 Å². The summed E-state index contributed by atoms with van der Waals surface area (Å²) in [4.78, 5) is 4.62. The maximum absolute atomic E-state index is 15.2. The molecule has 1 N–H and O–H groups in total. The Labute approximate surface area is 118 Å². The number of piperidine rings is 1. The Bertz CT molecular complexity index is 636. The van der Waals surface area contributed by atoms with Crippen LogP contribution in [0.5, 0.6) is 0 Å². The quantitative estimate of drug-likeness (QED) is 0.912. The van der Waals surface area contributed by atoms with Crippen LogP contribution in [-0.2, 0) is 13.5 Å². The molecule has 2 bridgehead atoms. The Morgan fingerprint density at radius 1 is 1.30 bits per heavy atom. The van der Waals surface area contributed by atoms with Gasteiger partial charge in [-0.25, -0.2) is 9.37 Å². The molecule has 0 radical (unpaired) electrons. The number of fused-ring (bicyclic) bond motifs is 3. The summed E-state index contributed by atoms with van der Waals surface area (Å²) < 4.78 is 17.3. The monoisotopic (exact) mass is 273 g/mol. The van der Waals surface area contributed by atoms with Crippen molar-refractivity contribution in [2.75, 3.05) is 0 Å². The van der Waals surface area contributed by atoms with Crippen molar-refractivity contribution in [2.24, 2.45) is 7.05 Å². The molecule has 4 heteroatoms. The van der Waals surface area contributed by atoms with Crippen LogP contribution >= 0.6 is 0 Å². The minimum Gasteiger partial charge on any atom is -0.331 e. The summed E-state index contributed by atoms with van der Waals surface area (Å²) in [6, 6.07) is 8.76. The number of benzene rings is 1. The summed E-state index contributed by atoms with van der Waals surface area (Å²) in [6.45, 7) is 0. The van der Waals surface area contributed by atoms with Crippen molar-refractivity contribution in [1.82, 2.24) is 14.9 Å². The molecular weight excluding hydrogens is 253 g/mol. The summed E-state index contributed by atoms with van der Waals surface area (Å²) in [6.07, 6.45) is 3.95. The lowest BCUT2D eigenvalue weighted by atomic mass is 9.86. The van der Waals surface area contributed by atoms with E-state index in [2.05, 4.69) is 10.3 Å². The van der Waals surface area contributed by atoms with Gasteiger partial charge in [0.1, 0.15) is 11.5 Å². The van der Waals surface area contributed by atoms with Crippen molar-refractivity contribution in [3.05, 3.63) is 30.1 Å². The SMILES string of the molecule is Cn1c(CC2(F)CC3CCC(C2)N3)nc2ccccc21. The second-order valence-electron chi connectivity index (χ2n) is 6.45. The van der Waals surface area contributed by atoms with Crippen molar-refractivity contribution in [3.63, 3.8) is 0 Å². The molecule has 1 aromatic heterocycles. The number of hydrogen-bond acceptors (Lipinski definition) is 2. The fourth-order valence-corrected chi connectivity index (χ4v) is 3.97. The number of para-hydroxylation sites is 2. The minimum atomic E-state index is -1.09. The molecule has 2 atom stereocenters. The Morgan fingerprint density at radius 3 is 2.70 bits per heavy atom. The Kier molecular flexibility index (Phi) is 2.64. The van der Waals surface area contributed by atoms with Gasteiger partial charge in [0.05, 0.1) is 11.0 Å². The lowest BCUT2D eigenvalue weighted by molar-refractivity contribution is 0.0865. The topological polar surface area (TPSA) is 29.9 Å². The van der Waals surface area contributed by atoms with Crippen LogP contribution in [0.15, 0.2) is 24.3 Å². The van der Waals surface area contributed by atoms with Crippen molar-refractivity contribution >= 4 is 11.0 Å². The fraction of sp³-hybridized carbons (Fsp3) is 0.562. The molecule has 1 aromatic carbocycles. The van der Waals surface area contributed by atoms with Crippen LogP contribution in [0.3, 0.4) is 0 Å². The highest BCUT2D eigenvalue weighted by Crippen LogP contribution is 2.39. The predicted molar refractivity (Wildman–Crippen MR) is 77.4 cm³/mol. The van der Waals surface area contributed by atoms with Crippen molar-refractivity contribution < 1.29 is 4.39 Å². The number of aryl methyl sites for hydroxylation is 1. The number of aromatic nitrogens is 2. The second-order valence-corrected chi connectivity index (χ2v) is 6.45. The molecule has 2 aliphatic heterocycles. The standard InChI is InChI=1S/C16H20FN3/c1-20-14-5-3-2-4-13(14)19-15(20)10-16(17)8-11-6-7-12(9-16)18-11/h2-5,11-12,18H,6-10H2,1H3. The van der Waals surface area contributed by atoms with Gasteiger partial charge in [0.2, 0.25) is 0 Å². The molecule has 2 aliphatic rings. The van der Waals surface area contributed by atoms with Crippen molar-refractivity contribution in [3.8, 4) is 0 Å². The van der Waals surface area contributed by atoms with Crippen LogP contribution in [0, 0.1) is 0 Å². The number of alkyl halides is 1. The molecule has 3 heterocycles. The summed E-state index contributed by atoms with van der Waals surface area (Å²) in [5, 5.41) is 3.51. The van der Waals surface area contributed by atoms with Crippen LogP contribution < -0.4 is 5.32 Å². The molecule has 2 fully saturated rings. The Morgan fingerprint density at radius 2 is 2.00 bits per heavy atom. The zero-order valence-electron chi connectivity index (χ0n) is 11.8. The van der Waals surface area contributed by atoms with Gasteiger partial charge in [-0.1, -0.05) is 12.1 Å². The molecule has 20 heavy (non-hydrogen) atoms. The van der Waals surface area contributed by atoms with Gasteiger partial charge in [-0.15, -0.1) is 0 Å². The molecule has 2 aromatic rings. The summed E-state index contributed by atoms with van der Waals surface area (Å²) >= 11 is 0. The Hall–Kier alpha value is -1.42. The molecule has 0 aliphatic carbocycles. The van der Waals surface area contributed by atoms with Gasteiger partial charge in [-0.3, -0.25) is 0 Å². The first-order chi connectivity index (χ1) is 9.63. The van der Waals surface area contributed by atoms with Gasteiger partial charge in [0, 0.05) is 25.6 Å². The number of nitrogens with zero attached hydrogens (tertiary/aromatic N) is 2. The second kappa shape index (κ2) is 4.29. The fourth-order valence-electron chi connectivity index (χ4n) is 3.97.